The average Bonchev–Trinajstić information content (AvgIpc) is 2.85. The number of halogens is 4. The summed E-state index contributed by atoms with van der Waals surface area (Å²) in [7, 11) is 0. The number of rotatable bonds is 7. The number of hydrogen-bond donors (Lipinski definition) is 1. The molecule has 0 aromatic heterocycles. The Morgan fingerprint density at radius 1 is 1.03 bits per heavy atom. The standard InChI is InChI=1S/C26H30ClF3N4O/c1-3-20(4-2)33-13-15-34(16-14-33)25(35)19-11-9-18(10-12-19)23(17-24(31)26(28,29)30)32-22-8-6-5-7-21(22)27/h5-12,17,20H,3-4,13-16,31H2,1-2H3. The predicted octanol–water partition coefficient (Wildman–Crippen LogP) is 5.81. The second kappa shape index (κ2) is 11.7. The molecule has 1 amide bonds. The van der Waals surface area contributed by atoms with Crippen LogP contribution < -0.4 is 5.73 Å². The van der Waals surface area contributed by atoms with Crippen LogP contribution in [0.1, 0.15) is 42.6 Å². The summed E-state index contributed by atoms with van der Waals surface area (Å²) in [5.74, 6) is -0.101. The summed E-state index contributed by atoms with van der Waals surface area (Å²) in [4.78, 5) is 21.6. The maximum atomic E-state index is 13.1. The quantitative estimate of drug-likeness (QED) is 0.482. The van der Waals surface area contributed by atoms with Crippen LogP contribution in [0, 0.1) is 0 Å². The molecule has 0 bridgehead atoms. The summed E-state index contributed by atoms with van der Waals surface area (Å²) >= 11 is 6.15. The average molecular weight is 507 g/mol. The van der Waals surface area contributed by atoms with Crippen molar-refractivity contribution in [3.8, 4) is 0 Å². The molecule has 5 nitrogen and oxygen atoms in total. The van der Waals surface area contributed by atoms with Crippen molar-refractivity contribution in [2.75, 3.05) is 26.2 Å². The third kappa shape index (κ3) is 6.86. The largest absolute Gasteiger partial charge is 0.430 e. The molecule has 0 atom stereocenters. The summed E-state index contributed by atoms with van der Waals surface area (Å²) in [6.45, 7) is 7.28. The Labute approximate surface area is 209 Å². The lowest BCUT2D eigenvalue weighted by Crippen LogP contribution is -2.51. The summed E-state index contributed by atoms with van der Waals surface area (Å²) in [5, 5.41) is 0.295. The van der Waals surface area contributed by atoms with Gasteiger partial charge in [0, 0.05) is 43.3 Å². The highest BCUT2D eigenvalue weighted by Crippen LogP contribution is 2.27. The van der Waals surface area contributed by atoms with Crippen LogP contribution in [0.3, 0.4) is 0 Å². The molecular weight excluding hydrogens is 477 g/mol. The first-order valence-corrected chi connectivity index (χ1v) is 12.0. The Hall–Kier alpha value is -2.84. The molecule has 0 radical (unpaired) electrons. The molecule has 0 aliphatic carbocycles. The van der Waals surface area contributed by atoms with Crippen molar-refractivity contribution in [3.05, 3.63) is 76.5 Å². The first-order valence-electron chi connectivity index (χ1n) is 11.6. The van der Waals surface area contributed by atoms with Crippen molar-refractivity contribution in [1.82, 2.24) is 9.80 Å². The van der Waals surface area contributed by atoms with Gasteiger partial charge in [0.25, 0.3) is 5.91 Å². The summed E-state index contributed by atoms with van der Waals surface area (Å²) < 4.78 is 39.3. The molecule has 2 aromatic carbocycles. The smallest absolute Gasteiger partial charge is 0.395 e. The minimum atomic E-state index is -4.70. The van der Waals surface area contributed by atoms with Crippen molar-refractivity contribution >= 4 is 28.9 Å². The van der Waals surface area contributed by atoms with E-state index >= 15 is 0 Å². The Morgan fingerprint density at radius 2 is 1.60 bits per heavy atom. The number of nitrogens with zero attached hydrogens (tertiary/aromatic N) is 3. The third-order valence-corrected chi connectivity index (χ3v) is 6.52. The molecule has 35 heavy (non-hydrogen) atoms. The number of carbonyl (C=O) groups is 1. The fourth-order valence-electron chi connectivity index (χ4n) is 4.14. The van der Waals surface area contributed by atoms with Gasteiger partial charge in [0.15, 0.2) is 0 Å². The molecule has 0 spiro atoms. The molecule has 2 aromatic rings. The van der Waals surface area contributed by atoms with Gasteiger partial charge in [-0.25, -0.2) is 4.99 Å². The van der Waals surface area contributed by atoms with Crippen LogP contribution in [0.15, 0.2) is 65.3 Å². The Kier molecular flexibility index (Phi) is 8.97. The number of nitrogens with two attached hydrogens (primary N) is 1. The minimum Gasteiger partial charge on any atom is -0.395 e. The first-order chi connectivity index (χ1) is 16.6. The number of carbonyl (C=O) groups excluding carboxylic acids is 1. The highest BCUT2D eigenvalue weighted by Gasteiger charge is 2.32. The van der Waals surface area contributed by atoms with Crippen LogP contribution in [-0.2, 0) is 0 Å². The minimum absolute atomic E-state index is 0.00860. The number of piperazine rings is 1. The molecule has 9 heteroatoms. The van der Waals surface area contributed by atoms with Gasteiger partial charge in [-0.3, -0.25) is 9.69 Å². The van der Waals surface area contributed by atoms with Crippen molar-refractivity contribution in [3.63, 3.8) is 0 Å². The molecule has 1 aliphatic rings. The van der Waals surface area contributed by atoms with E-state index in [2.05, 4.69) is 23.7 Å². The van der Waals surface area contributed by atoms with E-state index in [1.165, 1.54) is 0 Å². The van der Waals surface area contributed by atoms with E-state index < -0.39 is 11.9 Å². The monoisotopic (exact) mass is 506 g/mol. The Bertz CT molecular complexity index is 1070. The van der Waals surface area contributed by atoms with Crippen molar-refractivity contribution in [2.24, 2.45) is 10.7 Å². The Morgan fingerprint density at radius 3 is 2.14 bits per heavy atom. The van der Waals surface area contributed by atoms with Crippen molar-refractivity contribution in [1.29, 1.82) is 0 Å². The highest BCUT2D eigenvalue weighted by atomic mass is 35.5. The zero-order valence-electron chi connectivity index (χ0n) is 19.9. The third-order valence-electron chi connectivity index (χ3n) is 6.20. The van der Waals surface area contributed by atoms with Crippen LogP contribution in [0.25, 0.3) is 0 Å². The fraction of sp³-hybridized carbons (Fsp3) is 0.385. The van der Waals surface area contributed by atoms with Gasteiger partial charge in [-0.15, -0.1) is 0 Å². The normalized spacial score (nSPS) is 16.1. The van der Waals surface area contributed by atoms with Crippen LogP contribution in [-0.4, -0.2) is 59.8 Å². The molecule has 0 unspecified atom stereocenters. The van der Waals surface area contributed by atoms with Crippen LogP contribution in [0.2, 0.25) is 5.02 Å². The van der Waals surface area contributed by atoms with E-state index in [-0.39, 0.29) is 11.6 Å². The zero-order chi connectivity index (χ0) is 25.6. The van der Waals surface area contributed by atoms with Gasteiger partial charge in [-0.2, -0.15) is 13.2 Å². The van der Waals surface area contributed by atoms with E-state index in [1.54, 1.807) is 48.5 Å². The van der Waals surface area contributed by atoms with Crippen molar-refractivity contribution < 1.29 is 18.0 Å². The molecule has 1 aliphatic heterocycles. The molecule has 3 rings (SSSR count). The second-order valence-electron chi connectivity index (χ2n) is 8.42. The lowest BCUT2D eigenvalue weighted by molar-refractivity contribution is -0.0925. The van der Waals surface area contributed by atoms with Gasteiger partial charge in [0.1, 0.15) is 5.70 Å². The summed E-state index contributed by atoms with van der Waals surface area (Å²) in [5.41, 5.74) is 5.14. The lowest BCUT2D eigenvalue weighted by Gasteiger charge is -2.38. The molecule has 188 valence electrons. The number of allylic oxidation sites excluding steroid dienone is 2. The number of hydrogen-bond acceptors (Lipinski definition) is 4. The maximum Gasteiger partial charge on any atom is 0.430 e. The lowest BCUT2D eigenvalue weighted by atomic mass is 10.0. The number of para-hydroxylation sites is 1. The van der Waals surface area contributed by atoms with Gasteiger partial charge in [0.2, 0.25) is 0 Å². The van der Waals surface area contributed by atoms with Crippen LogP contribution >= 0.6 is 11.6 Å². The highest BCUT2D eigenvalue weighted by molar-refractivity contribution is 6.33. The molecular formula is C26H30ClF3N4O. The predicted molar refractivity (Wildman–Crippen MR) is 134 cm³/mol. The maximum absolute atomic E-state index is 13.1. The molecule has 1 saturated heterocycles. The number of benzene rings is 2. The van der Waals surface area contributed by atoms with E-state index in [0.29, 0.717) is 41.0 Å². The number of amides is 1. The summed E-state index contributed by atoms with van der Waals surface area (Å²) in [6.07, 6.45) is -1.76. The van der Waals surface area contributed by atoms with Gasteiger partial charge in [-0.1, -0.05) is 49.7 Å². The molecule has 0 saturated carbocycles. The van der Waals surface area contributed by atoms with Gasteiger partial charge < -0.3 is 10.6 Å². The first kappa shape index (κ1) is 26.8. The molecule has 2 N–H and O–H groups in total. The molecule has 1 fully saturated rings. The number of alkyl halides is 3. The van der Waals surface area contributed by atoms with E-state index in [9.17, 15) is 18.0 Å². The van der Waals surface area contributed by atoms with Crippen LogP contribution in [0.4, 0.5) is 18.9 Å². The van der Waals surface area contributed by atoms with E-state index in [4.69, 9.17) is 17.3 Å². The van der Waals surface area contributed by atoms with E-state index in [1.807, 2.05) is 4.90 Å². The zero-order valence-corrected chi connectivity index (χ0v) is 20.6. The van der Waals surface area contributed by atoms with Gasteiger partial charge >= 0.3 is 6.18 Å². The van der Waals surface area contributed by atoms with Crippen LogP contribution in [0.5, 0.6) is 0 Å². The van der Waals surface area contributed by atoms with Gasteiger partial charge in [0.05, 0.1) is 16.4 Å². The van der Waals surface area contributed by atoms with E-state index in [0.717, 1.165) is 32.0 Å². The second-order valence-corrected chi connectivity index (χ2v) is 8.83. The molecule has 1 heterocycles. The van der Waals surface area contributed by atoms with Crippen molar-refractivity contribution in [2.45, 2.75) is 38.9 Å². The fourth-order valence-corrected chi connectivity index (χ4v) is 4.32. The topological polar surface area (TPSA) is 61.9 Å². The summed E-state index contributed by atoms with van der Waals surface area (Å²) in [6, 6.07) is 13.5. The SMILES string of the molecule is CCC(CC)N1CCN(C(=O)c2ccc(C(C=C(N)C(F)(F)F)=Nc3ccccc3Cl)cc2)CC1. The van der Waals surface area contributed by atoms with Gasteiger partial charge in [-0.05, 0) is 43.2 Å². The number of aliphatic imine (C=N–C) groups is 1. The Balaban J connectivity index is 1.82.